The van der Waals surface area contributed by atoms with Crippen molar-refractivity contribution in [3.63, 3.8) is 0 Å². The molecule has 4 rings (SSSR count). The van der Waals surface area contributed by atoms with Crippen LogP contribution in [0.3, 0.4) is 0 Å². The normalized spacial score (nSPS) is 20.5. The molecule has 0 bridgehead atoms. The summed E-state index contributed by atoms with van der Waals surface area (Å²) in [5, 5.41) is 18.6. The Balaban J connectivity index is 1.66. The first-order valence-electron chi connectivity index (χ1n) is 8.40. The number of rotatable bonds is 4. The zero-order valence-corrected chi connectivity index (χ0v) is 14.5. The van der Waals surface area contributed by atoms with Crippen molar-refractivity contribution in [2.24, 2.45) is 0 Å². The van der Waals surface area contributed by atoms with Gasteiger partial charge >= 0.3 is 5.97 Å². The van der Waals surface area contributed by atoms with E-state index in [2.05, 4.69) is 20.4 Å². The smallest absolute Gasteiger partial charge is 0.320 e. The molecule has 8 heteroatoms. The SMILES string of the molecule is Cc1nc(-c2ccc3ccnc(N[C@H]4C[C@@H](C(=O)O)N(C)C4)c3c2)no1. The van der Waals surface area contributed by atoms with Gasteiger partial charge in [0.15, 0.2) is 0 Å². The van der Waals surface area contributed by atoms with E-state index in [-0.39, 0.29) is 6.04 Å². The molecule has 134 valence electrons. The molecule has 26 heavy (non-hydrogen) atoms. The number of likely N-dealkylation sites (N-methyl/N-ethyl adjacent to an activating group) is 1. The molecular weight excluding hydrogens is 334 g/mol. The van der Waals surface area contributed by atoms with E-state index in [4.69, 9.17) is 4.52 Å². The van der Waals surface area contributed by atoms with Gasteiger partial charge in [-0.05, 0) is 31.0 Å². The first-order chi connectivity index (χ1) is 12.5. The molecule has 2 N–H and O–H groups in total. The highest BCUT2D eigenvalue weighted by atomic mass is 16.5. The van der Waals surface area contributed by atoms with Crippen LogP contribution in [0.1, 0.15) is 12.3 Å². The fourth-order valence-electron chi connectivity index (χ4n) is 3.43. The predicted octanol–water partition coefficient (Wildman–Crippen LogP) is 2.16. The number of carbonyl (C=O) groups is 1. The molecular formula is C18H19N5O3. The fourth-order valence-corrected chi connectivity index (χ4v) is 3.43. The molecule has 0 spiro atoms. The predicted molar refractivity (Wildman–Crippen MR) is 95.9 cm³/mol. The Labute approximate surface area is 149 Å². The van der Waals surface area contributed by atoms with Crippen LogP contribution < -0.4 is 5.32 Å². The molecule has 1 saturated heterocycles. The van der Waals surface area contributed by atoms with Crippen molar-refractivity contribution < 1.29 is 14.4 Å². The number of aryl methyl sites for hydroxylation is 1. The van der Waals surface area contributed by atoms with Gasteiger partial charge in [-0.25, -0.2) is 4.98 Å². The number of anilines is 1. The minimum absolute atomic E-state index is 0.0234. The molecule has 3 aromatic rings. The summed E-state index contributed by atoms with van der Waals surface area (Å²) in [5.74, 6) is 0.982. The number of aliphatic carboxylic acids is 1. The lowest BCUT2D eigenvalue weighted by atomic mass is 10.1. The number of fused-ring (bicyclic) bond motifs is 1. The van der Waals surface area contributed by atoms with Crippen LogP contribution >= 0.6 is 0 Å². The summed E-state index contributed by atoms with van der Waals surface area (Å²) in [4.78, 5) is 21.9. The number of aromatic nitrogens is 3. The third-order valence-corrected chi connectivity index (χ3v) is 4.73. The van der Waals surface area contributed by atoms with Crippen LogP contribution in [0.4, 0.5) is 5.82 Å². The zero-order chi connectivity index (χ0) is 18.3. The number of hydrogen-bond acceptors (Lipinski definition) is 7. The minimum atomic E-state index is -0.794. The number of hydrogen-bond donors (Lipinski definition) is 2. The van der Waals surface area contributed by atoms with Gasteiger partial charge in [0, 0.05) is 36.7 Å². The summed E-state index contributed by atoms with van der Waals surface area (Å²) < 4.78 is 5.06. The van der Waals surface area contributed by atoms with Crippen molar-refractivity contribution in [2.75, 3.05) is 18.9 Å². The minimum Gasteiger partial charge on any atom is -0.480 e. The summed E-state index contributed by atoms with van der Waals surface area (Å²) >= 11 is 0. The van der Waals surface area contributed by atoms with E-state index >= 15 is 0 Å². The number of carboxylic acid groups (broad SMARTS) is 1. The molecule has 0 unspecified atom stereocenters. The first kappa shape index (κ1) is 16.5. The van der Waals surface area contributed by atoms with Crippen molar-refractivity contribution >= 4 is 22.6 Å². The summed E-state index contributed by atoms with van der Waals surface area (Å²) in [7, 11) is 1.83. The van der Waals surface area contributed by atoms with E-state index in [1.165, 1.54) is 0 Å². The Morgan fingerprint density at radius 2 is 2.23 bits per heavy atom. The average molecular weight is 353 g/mol. The highest BCUT2D eigenvalue weighted by Gasteiger charge is 2.34. The standard InChI is InChI=1S/C18H19N5O3/c1-10-20-16(22-26-10)12-4-3-11-5-6-19-17(14(11)7-12)21-13-8-15(18(24)25)23(2)9-13/h3-7,13,15H,8-9H2,1-2H3,(H,19,21)(H,24,25)/t13-,15-/m0/s1. The zero-order valence-electron chi connectivity index (χ0n) is 14.5. The van der Waals surface area contributed by atoms with Crippen LogP contribution in [0, 0.1) is 6.92 Å². The first-order valence-corrected chi connectivity index (χ1v) is 8.40. The number of benzene rings is 1. The molecule has 0 aliphatic carbocycles. The number of carboxylic acids is 1. The Bertz CT molecular complexity index is 970. The number of nitrogens with zero attached hydrogens (tertiary/aromatic N) is 4. The van der Waals surface area contributed by atoms with Crippen LogP contribution in [0.5, 0.6) is 0 Å². The summed E-state index contributed by atoms with van der Waals surface area (Å²) in [6.45, 7) is 2.40. The van der Waals surface area contributed by atoms with Crippen molar-refractivity contribution in [2.45, 2.75) is 25.4 Å². The van der Waals surface area contributed by atoms with E-state index in [1.807, 2.05) is 36.2 Å². The topological polar surface area (TPSA) is 104 Å². The maximum absolute atomic E-state index is 11.3. The third kappa shape index (κ3) is 2.99. The summed E-state index contributed by atoms with van der Waals surface area (Å²) in [5.41, 5.74) is 0.845. The number of nitrogens with one attached hydrogen (secondary N) is 1. The highest BCUT2D eigenvalue weighted by molar-refractivity contribution is 5.94. The van der Waals surface area contributed by atoms with Gasteiger partial charge in [-0.2, -0.15) is 4.98 Å². The van der Waals surface area contributed by atoms with Gasteiger partial charge in [0.05, 0.1) is 0 Å². The van der Waals surface area contributed by atoms with Gasteiger partial charge in [0.2, 0.25) is 11.7 Å². The van der Waals surface area contributed by atoms with E-state index in [0.717, 1.165) is 22.2 Å². The Morgan fingerprint density at radius 3 is 2.92 bits per heavy atom. The quantitative estimate of drug-likeness (QED) is 0.735. The fraction of sp³-hybridized carbons (Fsp3) is 0.333. The Morgan fingerprint density at radius 1 is 1.38 bits per heavy atom. The van der Waals surface area contributed by atoms with Crippen LogP contribution in [-0.2, 0) is 4.79 Å². The number of pyridine rings is 1. The number of likely N-dealkylation sites (tertiary alicyclic amines) is 1. The van der Waals surface area contributed by atoms with Gasteiger partial charge < -0.3 is 14.9 Å². The second-order valence-corrected chi connectivity index (χ2v) is 6.60. The third-order valence-electron chi connectivity index (χ3n) is 4.73. The molecule has 1 aliphatic rings. The monoisotopic (exact) mass is 353 g/mol. The lowest BCUT2D eigenvalue weighted by Crippen LogP contribution is -2.32. The molecule has 0 amide bonds. The lowest BCUT2D eigenvalue weighted by Gasteiger charge is -2.15. The molecule has 1 aromatic carbocycles. The highest BCUT2D eigenvalue weighted by Crippen LogP contribution is 2.28. The van der Waals surface area contributed by atoms with Crippen LogP contribution in [0.15, 0.2) is 35.0 Å². The molecule has 0 saturated carbocycles. The summed E-state index contributed by atoms with van der Waals surface area (Å²) in [6, 6.07) is 7.40. The summed E-state index contributed by atoms with van der Waals surface area (Å²) in [6.07, 6.45) is 2.28. The van der Waals surface area contributed by atoms with Gasteiger partial charge in [-0.15, -0.1) is 0 Å². The van der Waals surface area contributed by atoms with Crippen molar-refractivity contribution in [1.82, 2.24) is 20.0 Å². The maximum Gasteiger partial charge on any atom is 0.320 e. The Kier molecular flexibility index (Phi) is 4.04. The van der Waals surface area contributed by atoms with Crippen molar-refractivity contribution in [3.8, 4) is 11.4 Å². The van der Waals surface area contributed by atoms with E-state index < -0.39 is 12.0 Å². The van der Waals surface area contributed by atoms with Crippen molar-refractivity contribution in [1.29, 1.82) is 0 Å². The maximum atomic E-state index is 11.3. The largest absolute Gasteiger partial charge is 0.480 e. The van der Waals surface area contributed by atoms with E-state index in [9.17, 15) is 9.90 Å². The van der Waals surface area contributed by atoms with Gasteiger partial charge in [-0.3, -0.25) is 9.69 Å². The van der Waals surface area contributed by atoms with Gasteiger partial charge in [0.1, 0.15) is 11.9 Å². The second-order valence-electron chi connectivity index (χ2n) is 6.60. The molecule has 2 atom stereocenters. The molecule has 1 aliphatic heterocycles. The van der Waals surface area contributed by atoms with Crippen molar-refractivity contribution in [3.05, 3.63) is 36.4 Å². The molecule has 0 radical (unpaired) electrons. The Hall–Kier alpha value is -3.00. The van der Waals surface area contributed by atoms with E-state index in [1.54, 1.807) is 13.1 Å². The second kappa shape index (κ2) is 6.38. The average Bonchev–Trinajstić information content (AvgIpc) is 3.20. The molecule has 3 heterocycles. The van der Waals surface area contributed by atoms with Gasteiger partial charge in [0.25, 0.3) is 0 Å². The van der Waals surface area contributed by atoms with Crippen LogP contribution in [0.25, 0.3) is 22.2 Å². The molecule has 8 nitrogen and oxygen atoms in total. The van der Waals surface area contributed by atoms with Crippen LogP contribution in [-0.4, -0.2) is 56.8 Å². The molecule has 1 fully saturated rings. The van der Waals surface area contributed by atoms with Gasteiger partial charge in [-0.1, -0.05) is 17.3 Å². The van der Waals surface area contributed by atoms with E-state index in [0.29, 0.717) is 24.7 Å². The van der Waals surface area contributed by atoms with Crippen LogP contribution in [0.2, 0.25) is 0 Å². The molecule has 2 aromatic heterocycles. The lowest BCUT2D eigenvalue weighted by molar-refractivity contribution is -0.141.